The molecule has 1 aromatic rings. The van der Waals surface area contributed by atoms with Crippen LogP contribution in [-0.4, -0.2) is 23.0 Å². The number of hydrogen-bond donors (Lipinski definition) is 1. The van der Waals surface area contributed by atoms with Gasteiger partial charge in [-0.1, -0.05) is 48.5 Å². The van der Waals surface area contributed by atoms with E-state index in [0.717, 1.165) is 56.9 Å². The highest BCUT2D eigenvalue weighted by Gasteiger charge is 2.60. The first-order valence-electron chi connectivity index (χ1n) is 13.1. The molecular weight excluding hydrogens is 422 g/mol. The number of rotatable bonds is 6. The van der Waals surface area contributed by atoms with Crippen LogP contribution in [0.25, 0.3) is 0 Å². The highest BCUT2D eigenvalue weighted by molar-refractivity contribution is 5.92. The van der Waals surface area contributed by atoms with Gasteiger partial charge in [-0.15, -0.1) is 0 Å². The average molecular weight is 460 g/mol. The molecule has 2 fully saturated rings. The van der Waals surface area contributed by atoms with E-state index in [1.54, 1.807) is 0 Å². The molecule has 4 aliphatic rings. The topological polar surface area (TPSA) is 66.7 Å². The predicted molar refractivity (Wildman–Crippen MR) is 134 cm³/mol. The Morgan fingerprint density at radius 1 is 1.15 bits per heavy atom. The summed E-state index contributed by atoms with van der Waals surface area (Å²) in [6.45, 7) is 4.20. The Kier molecular flexibility index (Phi) is 6.12. The lowest BCUT2D eigenvalue weighted by Gasteiger charge is -2.57. The van der Waals surface area contributed by atoms with Gasteiger partial charge in [0.15, 0.2) is 5.78 Å². The van der Waals surface area contributed by atoms with Gasteiger partial charge in [-0.05, 0) is 110 Å². The van der Waals surface area contributed by atoms with Gasteiger partial charge in [-0.3, -0.25) is 9.59 Å². The lowest BCUT2D eigenvalue weighted by atomic mass is 9.47. The van der Waals surface area contributed by atoms with E-state index in [-0.39, 0.29) is 22.5 Å². The summed E-state index contributed by atoms with van der Waals surface area (Å²) in [6, 6.07) is 8.21. The number of benzene rings is 1. The van der Waals surface area contributed by atoms with E-state index in [0.29, 0.717) is 30.0 Å². The minimum Gasteiger partial charge on any atom is -0.411 e. The number of carbonyl (C=O) groups is 2. The van der Waals surface area contributed by atoms with Gasteiger partial charge in [0.2, 0.25) is 0 Å². The van der Waals surface area contributed by atoms with E-state index in [4.69, 9.17) is 5.21 Å². The number of ketones is 2. The smallest absolute Gasteiger partial charge is 0.156 e. The quantitative estimate of drug-likeness (QED) is 0.308. The number of aryl methyl sites for hydroxylation is 1. The van der Waals surface area contributed by atoms with Gasteiger partial charge in [0.1, 0.15) is 5.78 Å². The molecule has 0 amide bonds. The first-order valence-corrected chi connectivity index (χ1v) is 13.1. The van der Waals surface area contributed by atoms with Crippen molar-refractivity contribution in [2.75, 3.05) is 0 Å². The number of allylic oxidation sites excluding steroid dienone is 4. The van der Waals surface area contributed by atoms with E-state index < -0.39 is 0 Å². The third-order valence-electron chi connectivity index (χ3n) is 10.0. The first-order chi connectivity index (χ1) is 16.4. The van der Waals surface area contributed by atoms with Crippen LogP contribution in [0.5, 0.6) is 0 Å². The molecule has 4 nitrogen and oxygen atoms in total. The van der Waals surface area contributed by atoms with Crippen molar-refractivity contribution in [3.8, 4) is 0 Å². The van der Waals surface area contributed by atoms with Crippen LogP contribution in [0, 0.1) is 34.5 Å². The zero-order chi connectivity index (χ0) is 23.9. The molecule has 6 atom stereocenters. The Bertz CT molecular complexity index is 1050. The van der Waals surface area contributed by atoms with Crippen LogP contribution in [0.4, 0.5) is 0 Å². The third kappa shape index (κ3) is 3.79. The lowest BCUT2D eigenvalue weighted by Crippen LogP contribution is -2.50. The Morgan fingerprint density at radius 3 is 2.68 bits per heavy atom. The molecule has 4 heteroatoms. The predicted octanol–water partition coefficient (Wildman–Crippen LogP) is 6.31. The maximum Gasteiger partial charge on any atom is 0.156 e. The summed E-state index contributed by atoms with van der Waals surface area (Å²) in [7, 11) is 0. The van der Waals surface area contributed by atoms with Crippen LogP contribution in [0.1, 0.15) is 76.3 Å². The molecule has 0 spiro atoms. The van der Waals surface area contributed by atoms with Crippen molar-refractivity contribution in [3.63, 3.8) is 0 Å². The van der Waals surface area contributed by atoms with Gasteiger partial charge < -0.3 is 5.21 Å². The Morgan fingerprint density at radius 2 is 1.94 bits per heavy atom. The number of nitrogens with zero attached hydrogens (tertiary/aromatic N) is 1. The van der Waals surface area contributed by atoms with Crippen molar-refractivity contribution in [3.05, 3.63) is 59.2 Å². The molecule has 4 aliphatic carbocycles. The Labute approximate surface area is 203 Å². The molecule has 0 radical (unpaired) electrons. The summed E-state index contributed by atoms with van der Waals surface area (Å²) in [4.78, 5) is 24.9. The maximum absolute atomic E-state index is 12.8. The third-order valence-corrected chi connectivity index (χ3v) is 10.0. The van der Waals surface area contributed by atoms with E-state index >= 15 is 0 Å². The summed E-state index contributed by atoms with van der Waals surface area (Å²) in [5.41, 5.74) is 3.65. The average Bonchev–Trinajstić information content (AvgIpc) is 3.21. The SMILES string of the molecule is CC(=O)[C@H]1CC[C@H]2[C@@H]3C=CC4=CC(=O)CC[C@@]4(C)[C@@H]3CC[C@]12CCCc1ccc(/C=N/O)cc1. The first kappa shape index (κ1) is 23.3. The van der Waals surface area contributed by atoms with Crippen LogP contribution in [0.15, 0.2) is 53.2 Å². The normalized spacial score (nSPS) is 36.6. The summed E-state index contributed by atoms with van der Waals surface area (Å²) < 4.78 is 0. The van der Waals surface area contributed by atoms with Gasteiger partial charge in [0, 0.05) is 12.3 Å². The van der Waals surface area contributed by atoms with Crippen LogP contribution in [-0.2, 0) is 16.0 Å². The molecule has 0 saturated heterocycles. The second kappa shape index (κ2) is 8.94. The minimum absolute atomic E-state index is 0.105. The number of fused-ring (bicyclic) bond motifs is 5. The molecule has 180 valence electrons. The van der Waals surface area contributed by atoms with Gasteiger partial charge in [-0.2, -0.15) is 0 Å². The molecule has 34 heavy (non-hydrogen) atoms. The van der Waals surface area contributed by atoms with Gasteiger partial charge in [0.05, 0.1) is 6.21 Å². The maximum atomic E-state index is 12.8. The van der Waals surface area contributed by atoms with Gasteiger partial charge in [-0.25, -0.2) is 0 Å². The largest absolute Gasteiger partial charge is 0.411 e. The van der Waals surface area contributed by atoms with Crippen molar-refractivity contribution in [1.82, 2.24) is 0 Å². The molecule has 2 saturated carbocycles. The minimum atomic E-state index is 0.105. The molecule has 0 heterocycles. The van der Waals surface area contributed by atoms with E-state index in [1.165, 1.54) is 17.4 Å². The molecular formula is C30H37NO3. The Hall–Kier alpha value is -2.49. The molecule has 0 aromatic heterocycles. The zero-order valence-corrected chi connectivity index (χ0v) is 20.5. The van der Waals surface area contributed by atoms with Crippen LogP contribution >= 0.6 is 0 Å². The summed E-state index contributed by atoms with van der Waals surface area (Å²) >= 11 is 0. The van der Waals surface area contributed by atoms with Crippen LogP contribution in [0.3, 0.4) is 0 Å². The molecule has 0 bridgehead atoms. The fourth-order valence-electron chi connectivity index (χ4n) is 8.37. The van der Waals surface area contributed by atoms with Crippen molar-refractivity contribution in [2.45, 2.75) is 71.6 Å². The summed E-state index contributed by atoms with van der Waals surface area (Å²) in [6.07, 6.45) is 17.4. The summed E-state index contributed by atoms with van der Waals surface area (Å²) in [5.74, 6) is 2.51. The highest BCUT2D eigenvalue weighted by atomic mass is 16.4. The zero-order valence-electron chi connectivity index (χ0n) is 20.5. The van der Waals surface area contributed by atoms with Crippen molar-refractivity contribution in [1.29, 1.82) is 0 Å². The summed E-state index contributed by atoms with van der Waals surface area (Å²) in [5, 5.41) is 11.8. The van der Waals surface area contributed by atoms with Crippen LogP contribution in [0.2, 0.25) is 0 Å². The molecule has 0 unspecified atom stereocenters. The van der Waals surface area contributed by atoms with E-state index in [1.807, 2.05) is 25.1 Å². The number of oxime groups is 1. The van der Waals surface area contributed by atoms with Crippen molar-refractivity contribution >= 4 is 17.8 Å². The lowest BCUT2D eigenvalue weighted by molar-refractivity contribution is -0.128. The fraction of sp³-hybridized carbons (Fsp3) is 0.567. The van der Waals surface area contributed by atoms with E-state index in [2.05, 4.69) is 36.4 Å². The molecule has 1 N–H and O–H groups in total. The molecule has 1 aromatic carbocycles. The second-order valence-electron chi connectivity index (χ2n) is 11.5. The standard InChI is InChI=1S/C30H37NO3/c1-20(32)26-11-12-28-25-10-9-23-18-24(33)13-16-29(23,2)27(25)14-17-30(26,28)15-3-4-21-5-7-22(8-6-21)19-31-34/h5-10,18-19,25-28,34H,3-4,11-17H2,1-2H3/b31-19+/t25-,26-,27-,28+,29-,30-/m1/s1. The molecule has 5 rings (SSSR count). The van der Waals surface area contributed by atoms with E-state index in [9.17, 15) is 9.59 Å². The van der Waals surface area contributed by atoms with Crippen molar-refractivity contribution in [2.24, 2.45) is 39.7 Å². The number of Topliss-reactive ketones (excluding diaryl/α,β-unsaturated/α-hetero) is 1. The highest BCUT2D eigenvalue weighted by Crippen LogP contribution is 2.66. The number of hydrogen-bond acceptors (Lipinski definition) is 4. The van der Waals surface area contributed by atoms with Crippen molar-refractivity contribution < 1.29 is 14.8 Å². The fourth-order valence-corrected chi connectivity index (χ4v) is 8.37. The monoisotopic (exact) mass is 459 g/mol. The number of carbonyl (C=O) groups excluding carboxylic acids is 2. The second-order valence-corrected chi connectivity index (χ2v) is 11.5. The van der Waals surface area contributed by atoms with Gasteiger partial charge >= 0.3 is 0 Å². The van der Waals surface area contributed by atoms with Crippen LogP contribution < -0.4 is 0 Å². The van der Waals surface area contributed by atoms with Gasteiger partial charge in [0.25, 0.3) is 0 Å². The molecule has 0 aliphatic heterocycles. The Balaban J connectivity index is 1.38.